The predicted molar refractivity (Wildman–Crippen MR) is 79.6 cm³/mol. The Labute approximate surface area is 121 Å². The average Bonchev–Trinajstić information content (AvgIpc) is 2.51. The van der Waals surface area contributed by atoms with Crippen molar-refractivity contribution in [3.63, 3.8) is 0 Å². The Kier molecular flexibility index (Phi) is 3.62. The zero-order chi connectivity index (χ0) is 14.0. The van der Waals surface area contributed by atoms with Gasteiger partial charge in [0.1, 0.15) is 11.9 Å². The average molecular weight is 270 g/mol. The molecule has 2 heterocycles. The molecular weight excluding hydrogens is 248 g/mol. The van der Waals surface area contributed by atoms with E-state index in [1.54, 1.807) is 6.20 Å². The molecule has 0 radical (unpaired) electrons. The van der Waals surface area contributed by atoms with Gasteiger partial charge in [-0.2, -0.15) is 5.26 Å². The first-order valence-corrected chi connectivity index (χ1v) is 7.56. The van der Waals surface area contributed by atoms with Crippen LogP contribution >= 0.6 is 0 Å². The summed E-state index contributed by atoms with van der Waals surface area (Å²) in [4.78, 5) is 9.42. The molecule has 1 saturated heterocycles. The fourth-order valence-corrected chi connectivity index (χ4v) is 3.65. The number of pyridine rings is 1. The van der Waals surface area contributed by atoms with Crippen LogP contribution in [0.5, 0.6) is 0 Å². The summed E-state index contributed by atoms with van der Waals surface area (Å²) >= 11 is 0. The number of nitriles is 1. The molecule has 4 nitrogen and oxygen atoms in total. The van der Waals surface area contributed by atoms with Gasteiger partial charge >= 0.3 is 0 Å². The van der Waals surface area contributed by atoms with Gasteiger partial charge in [-0.15, -0.1) is 0 Å². The minimum Gasteiger partial charge on any atom is -0.353 e. The number of anilines is 1. The van der Waals surface area contributed by atoms with Crippen molar-refractivity contribution in [3.05, 3.63) is 23.9 Å². The minimum absolute atomic E-state index is 0.339. The Hall–Kier alpha value is -1.60. The molecule has 4 heteroatoms. The Morgan fingerprint density at radius 3 is 2.65 bits per heavy atom. The number of hydrogen-bond donors (Lipinski definition) is 0. The van der Waals surface area contributed by atoms with E-state index in [1.165, 1.54) is 32.1 Å². The molecule has 0 unspecified atom stereocenters. The molecule has 1 aliphatic carbocycles. The Balaban J connectivity index is 1.79. The number of piperazine rings is 1. The predicted octanol–water partition coefficient (Wildman–Crippen LogP) is 2.41. The molecular formula is C16H22N4. The lowest BCUT2D eigenvalue weighted by atomic mass is 9.79. The summed E-state index contributed by atoms with van der Waals surface area (Å²) in [5.74, 6) is 1.02. The van der Waals surface area contributed by atoms with E-state index < -0.39 is 0 Å². The van der Waals surface area contributed by atoms with Gasteiger partial charge in [-0.05, 0) is 32.0 Å². The lowest BCUT2D eigenvalue weighted by Crippen LogP contribution is -2.61. The maximum atomic E-state index is 8.86. The van der Waals surface area contributed by atoms with Crippen molar-refractivity contribution < 1.29 is 0 Å². The molecule has 2 fully saturated rings. The molecule has 1 spiro atoms. The highest BCUT2D eigenvalue weighted by Crippen LogP contribution is 2.36. The molecule has 1 saturated carbocycles. The van der Waals surface area contributed by atoms with E-state index in [0.29, 0.717) is 11.1 Å². The summed E-state index contributed by atoms with van der Waals surface area (Å²) in [7, 11) is 2.27. The van der Waals surface area contributed by atoms with Crippen molar-refractivity contribution in [1.82, 2.24) is 9.88 Å². The van der Waals surface area contributed by atoms with Crippen LogP contribution in [0.3, 0.4) is 0 Å². The Bertz CT molecular complexity index is 496. The van der Waals surface area contributed by atoms with Gasteiger partial charge in [-0.25, -0.2) is 4.98 Å². The van der Waals surface area contributed by atoms with E-state index in [2.05, 4.69) is 27.9 Å². The quantitative estimate of drug-likeness (QED) is 0.786. The van der Waals surface area contributed by atoms with Gasteiger partial charge in [0.25, 0.3) is 0 Å². The number of likely N-dealkylation sites (N-methyl/N-ethyl adjacent to an activating group) is 1. The second-order valence-electron chi connectivity index (χ2n) is 6.14. The van der Waals surface area contributed by atoms with Crippen molar-refractivity contribution in [2.24, 2.45) is 0 Å². The third-order valence-corrected chi connectivity index (χ3v) is 4.99. The van der Waals surface area contributed by atoms with E-state index >= 15 is 0 Å². The first kappa shape index (κ1) is 13.4. The normalized spacial score (nSPS) is 22.7. The highest BCUT2D eigenvalue weighted by molar-refractivity contribution is 5.43. The van der Waals surface area contributed by atoms with E-state index in [4.69, 9.17) is 5.26 Å². The van der Waals surface area contributed by atoms with Gasteiger partial charge in [0.15, 0.2) is 0 Å². The van der Waals surface area contributed by atoms with Crippen LogP contribution in [-0.2, 0) is 0 Å². The van der Waals surface area contributed by atoms with Crippen LogP contribution in [0.1, 0.15) is 37.7 Å². The van der Waals surface area contributed by atoms with Crippen molar-refractivity contribution in [2.75, 3.05) is 31.6 Å². The van der Waals surface area contributed by atoms with Crippen LogP contribution in [-0.4, -0.2) is 42.1 Å². The van der Waals surface area contributed by atoms with Gasteiger partial charge in [-0.3, -0.25) is 4.90 Å². The van der Waals surface area contributed by atoms with Crippen molar-refractivity contribution >= 4 is 5.82 Å². The second-order valence-corrected chi connectivity index (χ2v) is 6.14. The molecule has 0 bridgehead atoms. The zero-order valence-electron chi connectivity index (χ0n) is 12.2. The van der Waals surface area contributed by atoms with Gasteiger partial charge in [-0.1, -0.05) is 19.3 Å². The third-order valence-electron chi connectivity index (χ3n) is 4.99. The van der Waals surface area contributed by atoms with Crippen LogP contribution in [0.25, 0.3) is 0 Å². The lowest BCUT2D eigenvalue weighted by Gasteiger charge is -2.51. The molecule has 3 rings (SSSR count). The molecule has 1 aliphatic heterocycles. The van der Waals surface area contributed by atoms with Crippen LogP contribution in [0.15, 0.2) is 18.3 Å². The van der Waals surface area contributed by atoms with Gasteiger partial charge in [0.2, 0.25) is 0 Å². The summed E-state index contributed by atoms with van der Waals surface area (Å²) in [6.07, 6.45) is 8.36. The van der Waals surface area contributed by atoms with Crippen molar-refractivity contribution in [1.29, 1.82) is 5.26 Å². The molecule has 1 aromatic rings. The highest BCUT2D eigenvalue weighted by Gasteiger charge is 2.40. The SMILES string of the molecule is CN1CCN(c2ccc(C#N)cn2)CC12CCCCC2. The topological polar surface area (TPSA) is 43.2 Å². The summed E-state index contributed by atoms with van der Waals surface area (Å²) in [6, 6.07) is 5.99. The van der Waals surface area contributed by atoms with Gasteiger partial charge in [0.05, 0.1) is 5.56 Å². The molecule has 2 aliphatic rings. The Morgan fingerprint density at radius 2 is 2.00 bits per heavy atom. The number of hydrogen-bond acceptors (Lipinski definition) is 4. The molecule has 20 heavy (non-hydrogen) atoms. The summed E-state index contributed by atoms with van der Waals surface area (Å²) in [6.45, 7) is 3.20. The maximum Gasteiger partial charge on any atom is 0.128 e. The molecule has 0 N–H and O–H groups in total. The zero-order valence-corrected chi connectivity index (χ0v) is 12.2. The van der Waals surface area contributed by atoms with E-state index in [0.717, 1.165) is 25.5 Å². The summed E-state index contributed by atoms with van der Waals surface area (Å²) < 4.78 is 0. The highest BCUT2D eigenvalue weighted by atomic mass is 15.3. The third kappa shape index (κ3) is 2.38. The summed E-state index contributed by atoms with van der Waals surface area (Å²) in [5, 5.41) is 8.86. The molecule has 1 aromatic heterocycles. The minimum atomic E-state index is 0.339. The first-order valence-electron chi connectivity index (χ1n) is 7.56. The fraction of sp³-hybridized carbons (Fsp3) is 0.625. The fourth-order valence-electron chi connectivity index (χ4n) is 3.65. The molecule has 0 atom stereocenters. The molecule has 0 amide bonds. The van der Waals surface area contributed by atoms with E-state index in [9.17, 15) is 0 Å². The smallest absolute Gasteiger partial charge is 0.128 e. The van der Waals surface area contributed by atoms with Gasteiger partial charge < -0.3 is 4.90 Å². The molecule has 106 valence electrons. The largest absolute Gasteiger partial charge is 0.353 e. The van der Waals surface area contributed by atoms with Crippen LogP contribution in [0, 0.1) is 11.3 Å². The van der Waals surface area contributed by atoms with Crippen LogP contribution < -0.4 is 4.90 Å². The van der Waals surface area contributed by atoms with Crippen LogP contribution in [0.4, 0.5) is 5.82 Å². The first-order chi connectivity index (χ1) is 9.73. The number of aromatic nitrogens is 1. The van der Waals surface area contributed by atoms with Gasteiger partial charge in [0, 0.05) is 31.4 Å². The van der Waals surface area contributed by atoms with Crippen molar-refractivity contribution in [3.8, 4) is 6.07 Å². The van der Waals surface area contributed by atoms with E-state index in [-0.39, 0.29) is 0 Å². The lowest BCUT2D eigenvalue weighted by molar-refractivity contribution is 0.0632. The van der Waals surface area contributed by atoms with Crippen molar-refractivity contribution in [2.45, 2.75) is 37.6 Å². The standard InChI is InChI=1S/C16H22N4/c1-19-9-10-20(13-16(19)7-3-2-4-8-16)15-6-5-14(11-17)12-18-15/h5-6,12H,2-4,7-10,13H2,1H3. The Morgan fingerprint density at radius 1 is 1.20 bits per heavy atom. The summed E-state index contributed by atoms with van der Waals surface area (Å²) in [5.41, 5.74) is 0.974. The number of nitrogens with zero attached hydrogens (tertiary/aromatic N) is 4. The van der Waals surface area contributed by atoms with Crippen LogP contribution in [0.2, 0.25) is 0 Å². The number of rotatable bonds is 1. The monoisotopic (exact) mass is 270 g/mol. The molecule has 0 aromatic carbocycles. The van der Waals surface area contributed by atoms with E-state index in [1.807, 2.05) is 12.1 Å². The second kappa shape index (κ2) is 5.41. The maximum absolute atomic E-state index is 8.86.